The van der Waals surface area contributed by atoms with Crippen molar-refractivity contribution in [2.75, 3.05) is 7.11 Å². The van der Waals surface area contributed by atoms with E-state index in [0.717, 1.165) is 0 Å². The average molecular weight is 192 g/mol. The summed E-state index contributed by atoms with van der Waals surface area (Å²) in [5, 5.41) is 19.1. The van der Waals surface area contributed by atoms with Crippen LogP contribution in [-0.4, -0.2) is 12.0 Å². The second-order valence-corrected chi connectivity index (χ2v) is 2.59. The number of ether oxygens (including phenoxy) is 1. The maximum atomic E-state index is 10.6. The fraction of sp³-hybridized carbons (Fsp3) is 0.222. The quantitative estimate of drug-likeness (QED) is 0.539. The van der Waals surface area contributed by atoms with E-state index >= 15 is 0 Å². The van der Waals surface area contributed by atoms with Crippen molar-refractivity contribution in [3.05, 3.63) is 33.9 Å². The molecule has 0 aliphatic carbocycles. The number of methoxy groups -OCH3 is 1. The van der Waals surface area contributed by atoms with E-state index in [-0.39, 0.29) is 12.1 Å². The van der Waals surface area contributed by atoms with Crippen LogP contribution in [0.2, 0.25) is 0 Å². The number of benzene rings is 1. The molecule has 0 bridgehead atoms. The predicted molar refractivity (Wildman–Crippen MR) is 49.0 cm³/mol. The molecule has 0 unspecified atom stereocenters. The highest BCUT2D eigenvalue weighted by molar-refractivity contribution is 5.47. The summed E-state index contributed by atoms with van der Waals surface area (Å²) >= 11 is 0. The minimum Gasteiger partial charge on any atom is -0.497 e. The van der Waals surface area contributed by atoms with E-state index in [9.17, 15) is 10.1 Å². The molecule has 0 aromatic heterocycles. The van der Waals surface area contributed by atoms with Crippen LogP contribution in [0.4, 0.5) is 5.69 Å². The number of rotatable bonds is 3. The van der Waals surface area contributed by atoms with Crippen molar-refractivity contribution in [3.63, 3.8) is 0 Å². The Bertz CT molecular complexity index is 396. The highest BCUT2D eigenvalue weighted by Gasteiger charge is 2.14. The molecule has 5 heteroatoms. The molecule has 0 saturated carbocycles. The van der Waals surface area contributed by atoms with Gasteiger partial charge < -0.3 is 4.74 Å². The lowest BCUT2D eigenvalue weighted by Crippen LogP contribution is -1.95. The second-order valence-electron chi connectivity index (χ2n) is 2.59. The molecule has 0 saturated heterocycles. The third kappa shape index (κ3) is 1.98. The Morgan fingerprint density at radius 3 is 2.86 bits per heavy atom. The molecule has 0 radical (unpaired) electrons. The summed E-state index contributed by atoms with van der Waals surface area (Å²) in [6.45, 7) is 0. The Kier molecular flexibility index (Phi) is 3.02. The molecule has 0 N–H and O–H groups in total. The maximum absolute atomic E-state index is 10.6. The van der Waals surface area contributed by atoms with Crippen molar-refractivity contribution in [2.24, 2.45) is 0 Å². The topological polar surface area (TPSA) is 76.2 Å². The molecule has 1 aromatic carbocycles. The van der Waals surface area contributed by atoms with Crippen LogP contribution in [0.1, 0.15) is 5.56 Å². The number of nitro benzene ring substituents is 1. The fourth-order valence-electron chi connectivity index (χ4n) is 1.08. The minimum atomic E-state index is -0.519. The lowest BCUT2D eigenvalue weighted by Gasteiger charge is -2.01. The lowest BCUT2D eigenvalue weighted by molar-refractivity contribution is -0.385. The predicted octanol–water partition coefficient (Wildman–Crippen LogP) is 1.67. The normalized spacial score (nSPS) is 9.14. The van der Waals surface area contributed by atoms with Crippen molar-refractivity contribution < 1.29 is 9.66 Å². The molecule has 5 nitrogen and oxygen atoms in total. The van der Waals surface area contributed by atoms with Crippen molar-refractivity contribution >= 4 is 5.69 Å². The van der Waals surface area contributed by atoms with Crippen LogP contribution in [-0.2, 0) is 6.42 Å². The maximum Gasteiger partial charge on any atom is 0.277 e. The summed E-state index contributed by atoms with van der Waals surface area (Å²) < 4.78 is 4.85. The number of nitro groups is 1. The van der Waals surface area contributed by atoms with E-state index in [4.69, 9.17) is 10.00 Å². The molecule has 0 aliphatic heterocycles. The summed E-state index contributed by atoms with van der Waals surface area (Å²) in [4.78, 5) is 10.1. The standard InChI is InChI=1S/C9H8N2O3/c1-14-8-3-2-7(4-5-10)9(6-8)11(12)13/h2-3,6H,4H2,1H3. The first kappa shape index (κ1) is 9.99. The molecule has 0 spiro atoms. The number of hydrogen-bond donors (Lipinski definition) is 0. The zero-order valence-corrected chi connectivity index (χ0v) is 7.56. The molecule has 0 amide bonds. The lowest BCUT2D eigenvalue weighted by atomic mass is 10.1. The largest absolute Gasteiger partial charge is 0.497 e. The van der Waals surface area contributed by atoms with Crippen LogP contribution in [0.25, 0.3) is 0 Å². The highest BCUT2D eigenvalue weighted by atomic mass is 16.6. The Balaban J connectivity index is 3.18. The molecular weight excluding hydrogens is 184 g/mol. The van der Waals surface area contributed by atoms with Gasteiger partial charge in [0.25, 0.3) is 5.69 Å². The van der Waals surface area contributed by atoms with Crippen molar-refractivity contribution in [1.29, 1.82) is 5.26 Å². The van der Waals surface area contributed by atoms with Gasteiger partial charge >= 0.3 is 0 Å². The molecular formula is C9H8N2O3. The summed E-state index contributed by atoms with van der Waals surface area (Å²) in [5.41, 5.74) is 0.323. The van der Waals surface area contributed by atoms with E-state index in [2.05, 4.69) is 0 Å². The molecule has 0 fully saturated rings. The van der Waals surface area contributed by atoms with Crippen LogP contribution in [0, 0.1) is 21.4 Å². The molecule has 0 aliphatic rings. The molecule has 1 aromatic rings. The zero-order valence-electron chi connectivity index (χ0n) is 7.56. The number of nitriles is 1. The van der Waals surface area contributed by atoms with E-state index in [1.165, 1.54) is 19.2 Å². The molecule has 0 atom stereocenters. The Labute approximate surface area is 80.7 Å². The van der Waals surface area contributed by atoms with Crippen LogP contribution in [0.3, 0.4) is 0 Å². The number of nitrogens with zero attached hydrogens (tertiary/aromatic N) is 2. The fourth-order valence-corrected chi connectivity index (χ4v) is 1.08. The van der Waals surface area contributed by atoms with Gasteiger partial charge in [0, 0.05) is 5.56 Å². The first-order chi connectivity index (χ1) is 6.69. The smallest absolute Gasteiger partial charge is 0.277 e. The van der Waals surface area contributed by atoms with Crippen LogP contribution < -0.4 is 4.74 Å². The van der Waals surface area contributed by atoms with Gasteiger partial charge in [-0.25, -0.2) is 0 Å². The van der Waals surface area contributed by atoms with Gasteiger partial charge in [-0.15, -0.1) is 0 Å². The van der Waals surface area contributed by atoms with Crippen LogP contribution in [0.15, 0.2) is 18.2 Å². The average Bonchev–Trinajstić information content (AvgIpc) is 2.18. The molecule has 0 heterocycles. The van der Waals surface area contributed by atoms with E-state index in [1.807, 2.05) is 6.07 Å². The summed E-state index contributed by atoms with van der Waals surface area (Å²) in [5.74, 6) is 0.415. The number of hydrogen-bond acceptors (Lipinski definition) is 4. The van der Waals surface area contributed by atoms with Gasteiger partial charge in [-0.2, -0.15) is 5.26 Å². The SMILES string of the molecule is COc1ccc(CC#N)c([N+](=O)[O-])c1. The van der Waals surface area contributed by atoms with Crippen molar-refractivity contribution in [2.45, 2.75) is 6.42 Å². The van der Waals surface area contributed by atoms with Gasteiger partial charge in [0.1, 0.15) is 5.75 Å². The summed E-state index contributed by atoms with van der Waals surface area (Å²) in [7, 11) is 1.43. The highest BCUT2D eigenvalue weighted by Crippen LogP contribution is 2.24. The first-order valence-corrected chi connectivity index (χ1v) is 3.87. The summed E-state index contributed by atoms with van der Waals surface area (Å²) in [6.07, 6.45) is 0.0281. The van der Waals surface area contributed by atoms with Gasteiger partial charge in [-0.05, 0) is 12.1 Å². The third-order valence-electron chi connectivity index (χ3n) is 1.76. The van der Waals surface area contributed by atoms with Crippen molar-refractivity contribution in [1.82, 2.24) is 0 Å². The van der Waals surface area contributed by atoms with E-state index in [0.29, 0.717) is 11.3 Å². The minimum absolute atomic E-state index is 0.0281. The van der Waals surface area contributed by atoms with Gasteiger partial charge in [0.15, 0.2) is 0 Å². The van der Waals surface area contributed by atoms with Crippen LogP contribution in [0.5, 0.6) is 5.75 Å². The van der Waals surface area contributed by atoms with Crippen LogP contribution >= 0.6 is 0 Å². The van der Waals surface area contributed by atoms with Crippen molar-refractivity contribution in [3.8, 4) is 11.8 Å². The Morgan fingerprint density at radius 2 is 2.36 bits per heavy atom. The zero-order chi connectivity index (χ0) is 10.6. The van der Waals surface area contributed by atoms with E-state index < -0.39 is 4.92 Å². The summed E-state index contributed by atoms with van der Waals surface area (Å²) in [6, 6.07) is 6.31. The first-order valence-electron chi connectivity index (χ1n) is 3.87. The Hall–Kier alpha value is -2.09. The molecule has 1 rings (SSSR count). The van der Waals surface area contributed by atoms with Gasteiger partial charge in [0.2, 0.25) is 0 Å². The Morgan fingerprint density at radius 1 is 1.64 bits per heavy atom. The van der Waals surface area contributed by atoms with Gasteiger partial charge in [0.05, 0.1) is 30.6 Å². The monoisotopic (exact) mass is 192 g/mol. The second kappa shape index (κ2) is 4.23. The van der Waals surface area contributed by atoms with Gasteiger partial charge in [-0.3, -0.25) is 10.1 Å². The van der Waals surface area contributed by atoms with E-state index in [1.54, 1.807) is 6.07 Å². The molecule has 14 heavy (non-hydrogen) atoms. The third-order valence-corrected chi connectivity index (χ3v) is 1.76. The van der Waals surface area contributed by atoms with Gasteiger partial charge in [-0.1, -0.05) is 0 Å². The molecule has 72 valence electrons.